The van der Waals surface area contributed by atoms with E-state index in [1.807, 2.05) is 18.2 Å². The summed E-state index contributed by atoms with van der Waals surface area (Å²) in [5.41, 5.74) is 6.88. The molecule has 0 bridgehead atoms. The molecule has 0 radical (unpaired) electrons. The van der Waals surface area contributed by atoms with E-state index < -0.39 is 0 Å². The lowest BCUT2D eigenvalue weighted by atomic mass is 9.88. The van der Waals surface area contributed by atoms with Crippen LogP contribution in [0.1, 0.15) is 43.7 Å². The minimum Gasteiger partial charge on any atom is -0.396 e. The largest absolute Gasteiger partial charge is 0.396 e. The second-order valence-electron chi connectivity index (χ2n) is 5.56. The molecule has 0 aliphatic heterocycles. The first kappa shape index (κ1) is 15.0. The highest BCUT2D eigenvalue weighted by atomic mass is 16.3. The Balaban J connectivity index is 2.18. The van der Waals surface area contributed by atoms with Gasteiger partial charge in [0.2, 0.25) is 0 Å². The van der Waals surface area contributed by atoms with Gasteiger partial charge in [-0.2, -0.15) is 0 Å². The summed E-state index contributed by atoms with van der Waals surface area (Å²) in [6, 6.07) is 11.0. The Morgan fingerprint density at radius 1 is 1.35 bits per heavy atom. The summed E-state index contributed by atoms with van der Waals surface area (Å²) in [4.78, 5) is 2.44. The van der Waals surface area contributed by atoms with Crippen molar-refractivity contribution in [1.82, 2.24) is 4.90 Å². The van der Waals surface area contributed by atoms with Gasteiger partial charge in [-0.05, 0) is 24.8 Å². The van der Waals surface area contributed by atoms with Gasteiger partial charge < -0.3 is 10.8 Å². The molecule has 1 saturated carbocycles. The molecule has 1 unspecified atom stereocenters. The summed E-state index contributed by atoms with van der Waals surface area (Å²) in [6.07, 6.45) is 5.05. The molecule has 1 aliphatic carbocycles. The predicted molar refractivity (Wildman–Crippen MR) is 81.8 cm³/mol. The van der Waals surface area contributed by atoms with E-state index in [1.54, 1.807) is 0 Å². The van der Waals surface area contributed by atoms with Crippen molar-refractivity contribution < 1.29 is 5.11 Å². The first-order chi connectivity index (χ1) is 9.72. The van der Waals surface area contributed by atoms with E-state index in [1.165, 1.54) is 24.8 Å². The Hall–Kier alpha value is -1.39. The van der Waals surface area contributed by atoms with Crippen molar-refractivity contribution in [3.63, 3.8) is 0 Å². The van der Waals surface area contributed by atoms with E-state index in [4.69, 9.17) is 16.2 Å². The predicted octanol–water partition coefficient (Wildman–Crippen LogP) is 2.29. The average molecular weight is 275 g/mol. The molecule has 0 saturated heterocycles. The van der Waals surface area contributed by atoms with Crippen molar-refractivity contribution in [2.24, 2.45) is 5.73 Å². The van der Waals surface area contributed by atoms with Crippen LogP contribution in [0, 0.1) is 5.41 Å². The number of benzene rings is 1. The summed E-state index contributed by atoms with van der Waals surface area (Å²) in [6.45, 7) is 1.08. The molecule has 0 heterocycles. The van der Waals surface area contributed by atoms with Crippen LogP contribution < -0.4 is 5.73 Å². The topological polar surface area (TPSA) is 73.3 Å². The molecule has 1 aliphatic rings. The van der Waals surface area contributed by atoms with Crippen molar-refractivity contribution in [3.05, 3.63) is 35.9 Å². The number of hydrogen-bond acceptors (Lipinski definition) is 3. The Kier molecular flexibility index (Phi) is 5.56. The van der Waals surface area contributed by atoms with Gasteiger partial charge in [0, 0.05) is 31.7 Å². The molecular formula is C16H25N3O. The number of nitrogens with one attached hydrogen (secondary N) is 1. The van der Waals surface area contributed by atoms with Crippen LogP contribution in [0.25, 0.3) is 0 Å². The molecule has 2 rings (SSSR count). The maximum Gasteiger partial charge on any atom is 0.0924 e. The van der Waals surface area contributed by atoms with Crippen LogP contribution >= 0.6 is 0 Å². The summed E-state index contributed by atoms with van der Waals surface area (Å²) in [7, 11) is 0. The Bertz CT molecular complexity index is 417. The second-order valence-corrected chi connectivity index (χ2v) is 5.56. The third-order valence-electron chi connectivity index (χ3n) is 4.12. The molecule has 4 N–H and O–H groups in total. The minimum absolute atomic E-state index is 0.158. The lowest BCUT2D eigenvalue weighted by Crippen LogP contribution is -2.44. The van der Waals surface area contributed by atoms with Gasteiger partial charge in [-0.1, -0.05) is 36.8 Å². The van der Waals surface area contributed by atoms with E-state index in [0.29, 0.717) is 12.5 Å². The lowest BCUT2D eigenvalue weighted by Gasteiger charge is -2.43. The van der Waals surface area contributed by atoms with Crippen LogP contribution in [0.15, 0.2) is 30.3 Å². The summed E-state index contributed by atoms with van der Waals surface area (Å²) >= 11 is 0. The van der Waals surface area contributed by atoms with Gasteiger partial charge >= 0.3 is 0 Å². The van der Waals surface area contributed by atoms with Gasteiger partial charge in [-0.3, -0.25) is 10.3 Å². The maximum absolute atomic E-state index is 9.13. The summed E-state index contributed by atoms with van der Waals surface area (Å²) in [5, 5.41) is 16.8. The molecule has 1 atom stereocenters. The molecule has 0 aromatic heterocycles. The Labute approximate surface area is 121 Å². The summed E-state index contributed by atoms with van der Waals surface area (Å²) < 4.78 is 0. The second kappa shape index (κ2) is 7.41. The molecular weight excluding hydrogens is 250 g/mol. The number of rotatable bonds is 8. The van der Waals surface area contributed by atoms with E-state index in [2.05, 4.69) is 17.0 Å². The van der Waals surface area contributed by atoms with E-state index >= 15 is 0 Å². The Morgan fingerprint density at radius 2 is 2.05 bits per heavy atom. The molecule has 20 heavy (non-hydrogen) atoms. The van der Waals surface area contributed by atoms with Crippen molar-refractivity contribution in [2.75, 3.05) is 13.2 Å². The first-order valence-corrected chi connectivity index (χ1v) is 7.47. The molecule has 110 valence electrons. The van der Waals surface area contributed by atoms with Crippen LogP contribution in [-0.4, -0.2) is 35.0 Å². The molecule has 0 spiro atoms. The van der Waals surface area contributed by atoms with Crippen molar-refractivity contribution in [3.8, 4) is 0 Å². The maximum atomic E-state index is 9.13. The Morgan fingerprint density at radius 3 is 2.55 bits per heavy atom. The van der Waals surface area contributed by atoms with Crippen molar-refractivity contribution in [2.45, 2.75) is 44.2 Å². The fourth-order valence-electron chi connectivity index (χ4n) is 2.87. The average Bonchev–Trinajstić information content (AvgIpc) is 2.39. The number of nitrogens with two attached hydrogens (primary N) is 1. The zero-order valence-electron chi connectivity index (χ0n) is 12.0. The number of aliphatic hydroxyl groups is 1. The zero-order valence-corrected chi connectivity index (χ0v) is 12.0. The highest BCUT2D eigenvalue weighted by molar-refractivity contribution is 5.77. The van der Waals surface area contributed by atoms with Gasteiger partial charge in [0.15, 0.2) is 0 Å². The molecule has 1 aromatic carbocycles. The van der Waals surface area contributed by atoms with E-state index in [9.17, 15) is 0 Å². The molecule has 4 nitrogen and oxygen atoms in total. The van der Waals surface area contributed by atoms with Gasteiger partial charge in [0.05, 0.1) is 5.84 Å². The number of nitrogens with zero attached hydrogens (tertiary/aromatic N) is 1. The van der Waals surface area contributed by atoms with Gasteiger partial charge in [-0.25, -0.2) is 0 Å². The van der Waals surface area contributed by atoms with E-state index in [0.717, 1.165) is 13.0 Å². The molecule has 0 amide bonds. The standard InChI is InChI=1S/C16H25N3O/c17-16(18)12-15(13-6-2-1-3-7-13)19(10-5-11-20)14-8-4-9-14/h1-3,6-7,14-15,20H,4-5,8-12H2,(H3,17,18). The molecule has 4 heteroatoms. The lowest BCUT2D eigenvalue weighted by molar-refractivity contribution is 0.0736. The van der Waals surface area contributed by atoms with Crippen molar-refractivity contribution in [1.29, 1.82) is 5.41 Å². The SMILES string of the molecule is N=C(N)CC(c1ccccc1)N(CCCO)C1CCC1. The van der Waals surface area contributed by atoms with Crippen LogP contribution in [0.4, 0.5) is 0 Å². The van der Waals surface area contributed by atoms with Gasteiger partial charge in [0.25, 0.3) is 0 Å². The first-order valence-electron chi connectivity index (χ1n) is 7.47. The fourth-order valence-corrected chi connectivity index (χ4v) is 2.87. The monoisotopic (exact) mass is 275 g/mol. The van der Waals surface area contributed by atoms with Crippen LogP contribution in [-0.2, 0) is 0 Å². The summed E-state index contributed by atoms with van der Waals surface area (Å²) in [5.74, 6) is 0.229. The highest BCUT2D eigenvalue weighted by Crippen LogP contribution is 2.34. The van der Waals surface area contributed by atoms with E-state index in [-0.39, 0.29) is 18.5 Å². The van der Waals surface area contributed by atoms with Gasteiger partial charge in [0.1, 0.15) is 0 Å². The number of aliphatic hydroxyl groups excluding tert-OH is 1. The normalized spacial score (nSPS) is 16.9. The molecule has 1 aromatic rings. The third-order valence-corrected chi connectivity index (χ3v) is 4.12. The van der Waals surface area contributed by atoms with Crippen LogP contribution in [0.3, 0.4) is 0 Å². The van der Waals surface area contributed by atoms with Gasteiger partial charge in [-0.15, -0.1) is 0 Å². The quantitative estimate of drug-likeness (QED) is 0.503. The van der Waals surface area contributed by atoms with Crippen molar-refractivity contribution >= 4 is 5.84 Å². The third kappa shape index (κ3) is 3.81. The molecule has 1 fully saturated rings. The highest BCUT2D eigenvalue weighted by Gasteiger charge is 2.31. The zero-order chi connectivity index (χ0) is 14.4. The van der Waals surface area contributed by atoms with Crippen LogP contribution in [0.5, 0.6) is 0 Å². The minimum atomic E-state index is 0.158. The fraction of sp³-hybridized carbons (Fsp3) is 0.562. The smallest absolute Gasteiger partial charge is 0.0924 e. The number of hydrogen-bond donors (Lipinski definition) is 3. The van der Waals surface area contributed by atoms with Crippen LogP contribution in [0.2, 0.25) is 0 Å². The number of amidine groups is 1.